The molecular weight excluding hydrogens is 290 g/mol. The van der Waals surface area contributed by atoms with Crippen molar-refractivity contribution < 1.29 is 22.3 Å². The molecule has 1 aromatic rings. The molecule has 0 amide bonds. The zero-order chi connectivity index (χ0) is 15.1. The second-order valence-corrected chi connectivity index (χ2v) is 7.09. The van der Waals surface area contributed by atoms with Crippen LogP contribution in [0.15, 0.2) is 17.0 Å². The number of sulfonamides is 1. The molecule has 1 aliphatic rings. The largest absolute Gasteiger partial charge is 0.396 e. The summed E-state index contributed by atoms with van der Waals surface area (Å²) in [5.74, 6) is -2.12. The molecule has 0 radical (unpaired) electrons. The summed E-state index contributed by atoms with van der Waals surface area (Å²) >= 11 is 0. The minimum absolute atomic E-state index is 0.0469. The van der Waals surface area contributed by atoms with Gasteiger partial charge in [-0.05, 0) is 24.8 Å². The Bertz CT molecular complexity index is 615. The molecule has 5 nitrogen and oxygen atoms in total. The van der Waals surface area contributed by atoms with E-state index in [1.807, 2.05) is 0 Å². The zero-order valence-corrected chi connectivity index (χ0v) is 11.7. The first-order chi connectivity index (χ1) is 9.21. The second-order valence-electron chi connectivity index (χ2n) is 5.08. The number of benzene rings is 1. The molecule has 0 spiro atoms. The van der Waals surface area contributed by atoms with E-state index in [4.69, 9.17) is 5.73 Å². The second kappa shape index (κ2) is 5.27. The van der Waals surface area contributed by atoms with E-state index in [1.165, 1.54) is 7.05 Å². The first kappa shape index (κ1) is 15.1. The number of aliphatic hydroxyl groups is 1. The zero-order valence-electron chi connectivity index (χ0n) is 10.9. The molecule has 1 aromatic carbocycles. The normalized spacial score (nSPS) is 22.9. The van der Waals surface area contributed by atoms with Crippen molar-refractivity contribution in [1.82, 2.24) is 4.31 Å². The highest BCUT2D eigenvalue weighted by Crippen LogP contribution is 2.30. The number of hydrogen-bond acceptors (Lipinski definition) is 4. The van der Waals surface area contributed by atoms with E-state index in [1.54, 1.807) is 0 Å². The topological polar surface area (TPSA) is 83.6 Å². The third-order valence-electron chi connectivity index (χ3n) is 3.47. The van der Waals surface area contributed by atoms with E-state index < -0.39 is 38.3 Å². The number of nitrogens with zero attached hydrogens (tertiary/aromatic N) is 1. The van der Waals surface area contributed by atoms with Gasteiger partial charge in [-0.2, -0.15) is 0 Å². The Morgan fingerprint density at radius 1 is 1.35 bits per heavy atom. The first-order valence-electron chi connectivity index (χ1n) is 6.10. The van der Waals surface area contributed by atoms with Crippen molar-refractivity contribution in [2.75, 3.05) is 19.3 Å². The van der Waals surface area contributed by atoms with E-state index in [0.717, 1.165) is 10.4 Å². The summed E-state index contributed by atoms with van der Waals surface area (Å²) in [5, 5.41) is 9.18. The van der Waals surface area contributed by atoms with Crippen molar-refractivity contribution in [3.05, 3.63) is 23.8 Å². The number of nitrogen functional groups attached to an aromatic ring is 1. The molecular formula is C12H16F2N2O3S. The third kappa shape index (κ3) is 2.77. The Morgan fingerprint density at radius 2 is 1.95 bits per heavy atom. The van der Waals surface area contributed by atoms with Crippen LogP contribution in [0.25, 0.3) is 0 Å². The maximum Gasteiger partial charge on any atom is 0.245 e. The Hall–Kier alpha value is -1.25. The molecule has 20 heavy (non-hydrogen) atoms. The van der Waals surface area contributed by atoms with Crippen LogP contribution in [-0.2, 0) is 10.0 Å². The van der Waals surface area contributed by atoms with E-state index in [2.05, 4.69) is 0 Å². The average Bonchev–Trinajstić information content (AvgIpc) is 2.31. The van der Waals surface area contributed by atoms with Gasteiger partial charge < -0.3 is 10.8 Å². The fourth-order valence-electron chi connectivity index (χ4n) is 2.22. The minimum Gasteiger partial charge on any atom is -0.396 e. The summed E-state index contributed by atoms with van der Waals surface area (Å²) in [5.41, 5.74) is 4.87. The molecule has 112 valence electrons. The van der Waals surface area contributed by atoms with Crippen LogP contribution in [0.4, 0.5) is 14.5 Å². The van der Waals surface area contributed by atoms with Crippen molar-refractivity contribution in [2.24, 2.45) is 5.92 Å². The maximum atomic E-state index is 13.6. The molecule has 1 aliphatic carbocycles. The Balaban J connectivity index is 2.23. The van der Waals surface area contributed by atoms with Crippen LogP contribution in [0, 0.1) is 17.6 Å². The van der Waals surface area contributed by atoms with E-state index >= 15 is 0 Å². The number of nitrogens with two attached hydrogens (primary N) is 1. The van der Waals surface area contributed by atoms with Crippen LogP contribution >= 0.6 is 0 Å². The highest BCUT2D eigenvalue weighted by molar-refractivity contribution is 7.89. The molecule has 0 saturated heterocycles. The average molecular weight is 306 g/mol. The quantitative estimate of drug-likeness (QED) is 0.811. The molecule has 8 heteroatoms. The highest BCUT2D eigenvalue weighted by atomic mass is 32.2. The number of anilines is 1. The third-order valence-corrected chi connectivity index (χ3v) is 5.30. The van der Waals surface area contributed by atoms with Crippen molar-refractivity contribution in [3.8, 4) is 0 Å². The molecule has 0 atom stereocenters. The highest BCUT2D eigenvalue weighted by Gasteiger charge is 2.33. The van der Waals surface area contributed by atoms with Crippen molar-refractivity contribution in [3.63, 3.8) is 0 Å². The number of halogens is 2. The lowest BCUT2D eigenvalue weighted by Crippen LogP contribution is -2.39. The fourth-order valence-corrected chi connectivity index (χ4v) is 3.55. The summed E-state index contributed by atoms with van der Waals surface area (Å²) < 4.78 is 52.1. The molecule has 0 aromatic heterocycles. The van der Waals surface area contributed by atoms with Gasteiger partial charge in [-0.25, -0.2) is 21.5 Å². The Labute approximate surface area is 116 Å². The molecule has 3 N–H and O–H groups in total. The van der Waals surface area contributed by atoms with Crippen molar-refractivity contribution >= 4 is 15.7 Å². The number of hydrogen-bond donors (Lipinski definition) is 2. The minimum atomic E-state index is -4.07. The smallest absolute Gasteiger partial charge is 0.245 e. The van der Waals surface area contributed by atoms with E-state index in [-0.39, 0.29) is 12.5 Å². The van der Waals surface area contributed by atoms with Crippen LogP contribution in [0.2, 0.25) is 0 Å². The van der Waals surface area contributed by atoms with Crippen LogP contribution in [-0.4, -0.2) is 37.5 Å². The number of aliphatic hydroxyl groups excluding tert-OH is 1. The molecule has 1 fully saturated rings. The predicted molar refractivity (Wildman–Crippen MR) is 69.3 cm³/mol. The van der Waals surface area contributed by atoms with Gasteiger partial charge >= 0.3 is 0 Å². The first-order valence-corrected chi connectivity index (χ1v) is 7.54. The standard InChI is InChI=1S/C12H16F2N2O3S/c1-16(6-7-2-8(17)3-7)20(18,19)12-5-11(15)9(13)4-10(12)14/h4-5,7-8,17H,2-3,6,15H2,1H3. The fraction of sp³-hybridized carbons (Fsp3) is 0.500. The number of rotatable bonds is 4. The van der Waals surface area contributed by atoms with Gasteiger partial charge in [-0.15, -0.1) is 0 Å². The van der Waals surface area contributed by atoms with Crippen LogP contribution in [0.1, 0.15) is 12.8 Å². The van der Waals surface area contributed by atoms with Gasteiger partial charge in [0.25, 0.3) is 0 Å². The van der Waals surface area contributed by atoms with Gasteiger partial charge in [0.15, 0.2) is 0 Å². The van der Waals surface area contributed by atoms with Crippen LogP contribution < -0.4 is 5.73 Å². The maximum absolute atomic E-state index is 13.6. The predicted octanol–water partition coefficient (Wildman–Crippen LogP) is 0.938. The molecule has 0 bridgehead atoms. The van der Waals surface area contributed by atoms with Crippen LogP contribution in [0.5, 0.6) is 0 Å². The van der Waals surface area contributed by atoms with Gasteiger partial charge in [-0.3, -0.25) is 0 Å². The summed E-state index contributed by atoms with van der Waals surface area (Å²) in [4.78, 5) is -0.640. The van der Waals surface area contributed by atoms with Crippen molar-refractivity contribution in [1.29, 1.82) is 0 Å². The van der Waals surface area contributed by atoms with Gasteiger partial charge in [-0.1, -0.05) is 0 Å². The Kier molecular flexibility index (Phi) is 3.99. The summed E-state index contributed by atoms with van der Waals surface area (Å²) in [6.45, 7) is 0.177. The Morgan fingerprint density at radius 3 is 2.50 bits per heavy atom. The lowest BCUT2D eigenvalue weighted by molar-refractivity contribution is 0.0367. The lowest BCUT2D eigenvalue weighted by atomic mass is 9.82. The van der Waals surface area contributed by atoms with Crippen molar-refractivity contribution in [2.45, 2.75) is 23.8 Å². The SMILES string of the molecule is CN(CC1CC(O)C1)S(=O)(=O)c1cc(N)c(F)cc1F. The van der Waals surface area contributed by atoms with Crippen LogP contribution in [0.3, 0.4) is 0 Å². The molecule has 0 heterocycles. The molecule has 1 saturated carbocycles. The van der Waals surface area contributed by atoms with Gasteiger partial charge in [0.1, 0.15) is 16.5 Å². The lowest BCUT2D eigenvalue weighted by Gasteiger charge is -2.34. The molecule has 2 rings (SSSR count). The monoisotopic (exact) mass is 306 g/mol. The molecule has 0 aliphatic heterocycles. The molecule has 0 unspecified atom stereocenters. The van der Waals surface area contributed by atoms with Gasteiger partial charge in [0.05, 0.1) is 11.8 Å². The summed E-state index contributed by atoms with van der Waals surface area (Å²) in [7, 11) is -2.75. The summed E-state index contributed by atoms with van der Waals surface area (Å²) in [6, 6.07) is 1.25. The van der Waals surface area contributed by atoms with E-state index in [9.17, 15) is 22.3 Å². The summed E-state index contributed by atoms with van der Waals surface area (Å²) in [6.07, 6.45) is 0.649. The van der Waals surface area contributed by atoms with Gasteiger partial charge in [0, 0.05) is 19.7 Å². The van der Waals surface area contributed by atoms with E-state index in [0.29, 0.717) is 18.9 Å². The van der Waals surface area contributed by atoms with Gasteiger partial charge in [0.2, 0.25) is 10.0 Å².